The average Bonchev–Trinajstić information content (AvgIpc) is 2.95. The zero-order chi connectivity index (χ0) is 18.4. The molecule has 2 N–H and O–H groups in total. The number of aryl methyl sites for hydroxylation is 1. The highest BCUT2D eigenvalue weighted by Gasteiger charge is 2.26. The number of fused-ring (bicyclic) bond motifs is 1. The molecule has 1 heterocycles. The molecule has 0 aliphatic carbocycles. The minimum atomic E-state index is -1.07. The van der Waals surface area contributed by atoms with Crippen molar-refractivity contribution in [1.29, 1.82) is 0 Å². The number of benzene rings is 1. The number of hydrogen-bond donors (Lipinski definition) is 2. The molecule has 0 saturated carbocycles. The lowest BCUT2D eigenvalue weighted by atomic mass is 10.0. The van der Waals surface area contributed by atoms with Gasteiger partial charge in [-0.05, 0) is 31.2 Å². The van der Waals surface area contributed by atoms with Crippen molar-refractivity contribution in [1.82, 2.24) is 15.1 Å². The summed E-state index contributed by atoms with van der Waals surface area (Å²) in [6.45, 7) is 3.72. The average molecular weight is 349 g/mol. The molecule has 2 rings (SSSR count). The number of rotatable bonds is 9. The van der Waals surface area contributed by atoms with Crippen LogP contribution in [-0.4, -0.2) is 39.5 Å². The van der Waals surface area contributed by atoms with Gasteiger partial charge in [0.05, 0.1) is 12.2 Å². The summed E-state index contributed by atoms with van der Waals surface area (Å²) in [5.74, 6) is -1.81. The first kappa shape index (κ1) is 18.9. The Morgan fingerprint density at radius 3 is 2.60 bits per heavy atom. The van der Waals surface area contributed by atoms with Crippen molar-refractivity contribution >= 4 is 22.8 Å². The number of amides is 1. The van der Waals surface area contributed by atoms with Crippen LogP contribution in [0, 0.1) is 5.92 Å². The van der Waals surface area contributed by atoms with E-state index in [0.717, 1.165) is 18.4 Å². The van der Waals surface area contributed by atoms with Crippen LogP contribution in [0.2, 0.25) is 0 Å². The third-order valence-electron chi connectivity index (χ3n) is 4.10. The molecular formula is C18H24FN3O3. The summed E-state index contributed by atoms with van der Waals surface area (Å²) in [7, 11) is 0. The van der Waals surface area contributed by atoms with E-state index >= 15 is 0 Å². The fraction of sp³-hybridized carbons (Fsp3) is 0.500. The quantitative estimate of drug-likeness (QED) is 0.682. The summed E-state index contributed by atoms with van der Waals surface area (Å²) < 4.78 is 13.9. The van der Waals surface area contributed by atoms with E-state index in [0.29, 0.717) is 18.4 Å². The molecule has 136 valence electrons. The Morgan fingerprint density at radius 2 is 1.96 bits per heavy atom. The van der Waals surface area contributed by atoms with Crippen LogP contribution < -0.4 is 5.32 Å². The van der Waals surface area contributed by atoms with Crippen molar-refractivity contribution in [3.63, 3.8) is 0 Å². The van der Waals surface area contributed by atoms with Crippen LogP contribution in [0.3, 0.4) is 0 Å². The third-order valence-corrected chi connectivity index (χ3v) is 4.10. The van der Waals surface area contributed by atoms with Gasteiger partial charge < -0.3 is 10.4 Å². The number of carbonyl (C=O) groups is 2. The maximum atomic E-state index is 12.6. The van der Waals surface area contributed by atoms with E-state index in [-0.39, 0.29) is 18.3 Å². The number of nitrogens with zero attached hydrogens (tertiary/aromatic N) is 2. The molecule has 0 bridgehead atoms. The summed E-state index contributed by atoms with van der Waals surface area (Å²) in [4.78, 5) is 23.9. The molecule has 1 aromatic carbocycles. The number of para-hydroxylation sites is 1. The fourth-order valence-electron chi connectivity index (χ4n) is 2.72. The molecule has 0 radical (unpaired) electrons. The number of aromatic nitrogens is 2. The number of unbranched alkanes of at least 4 members (excludes halogenated alkanes) is 2. The summed E-state index contributed by atoms with van der Waals surface area (Å²) in [6, 6.07) is 6.36. The molecule has 1 atom stereocenters. The lowest BCUT2D eigenvalue weighted by molar-refractivity contribution is -0.140. The van der Waals surface area contributed by atoms with Crippen molar-refractivity contribution < 1.29 is 19.1 Å². The van der Waals surface area contributed by atoms with Gasteiger partial charge in [-0.1, -0.05) is 32.0 Å². The van der Waals surface area contributed by atoms with E-state index in [4.69, 9.17) is 0 Å². The number of carboxylic acid groups (broad SMARTS) is 1. The smallest absolute Gasteiger partial charge is 0.326 e. The number of hydrogen-bond acceptors (Lipinski definition) is 3. The zero-order valence-corrected chi connectivity index (χ0v) is 14.5. The minimum absolute atomic E-state index is 0.216. The molecule has 0 aliphatic heterocycles. The molecule has 0 spiro atoms. The maximum Gasteiger partial charge on any atom is 0.326 e. The van der Waals surface area contributed by atoms with Crippen molar-refractivity contribution in [2.75, 3.05) is 6.67 Å². The Balaban J connectivity index is 2.25. The second kappa shape index (κ2) is 8.60. The van der Waals surface area contributed by atoms with Crippen LogP contribution in [0.1, 0.15) is 43.6 Å². The predicted molar refractivity (Wildman–Crippen MR) is 93.3 cm³/mol. The fourth-order valence-corrected chi connectivity index (χ4v) is 2.72. The summed E-state index contributed by atoms with van der Waals surface area (Å²) >= 11 is 0. The third kappa shape index (κ3) is 4.55. The van der Waals surface area contributed by atoms with Crippen molar-refractivity contribution in [2.24, 2.45) is 5.92 Å². The molecule has 0 fully saturated rings. The van der Waals surface area contributed by atoms with E-state index in [1.165, 1.54) is 0 Å². The lowest BCUT2D eigenvalue weighted by Crippen LogP contribution is -2.44. The van der Waals surface area contributed by atoms with Crippen molar-refractivity contribution in [3.05, 3.63) is 30.0 Å². The number of alkyl halides is 1. The SMILES string of the molecule is CC(C)[C@H](NC(=O)c1nn(CCCCCF)c2ccccc12)C(=O)O. The normalized spacial score (nSPS) is 12.5. The summed E-state index contributed by atoms with van der Waals surface area (Å²) in [5.41, 5.74) is 1.03. The van der Waals surface area contributed by atoms with Crippen LogP contribution in [0.25, 0.3) is 10.9 Å². The van der Waals surface area contributed by atoms with Gasteiger partial charge in [0.25, 0.3) is 5.91 Å². The lowest BCUT2D eigenvalue weighted by Gasteiger charge is -2.17. The summed E-state index contributed by atoms with van der Waals surface area (Å²) in [6.07, 6.45) is 2.03. The Morgan fingerprint density at radius 1 is 1.24 bits per heavy atom. The predicted octanol–water partition coefficient (Wildman–Crippen LogP) is 3.02. The number of aliphatic carboxylic acids is 1. The number of carbonyl (C=O) groups excluding carboxylic acids is 1. The number of nitrogens with one attached hydrogen (secondary N) is 1. The van der Waals surface area contributed by atoms with Crippen molar-refractivity contribution in [2.45, 2.75) is 45.7 Å². The van der Waals surface area contributed by atoms with Gasteiger partial charge in [0.1, 0.15) is 6.04 Å². The Labute approximate surface area is 146 Å². The van der Waals surface area contributed by atoms with Crippen LogP contribution in [0.15, 0.2) is 24.3 Å². The van der Waals surface area contributed by atoms with Gasteiger partial charge >= 0.3 is 5.97 Å². The van der Waals surface area contributed by atoms with Gasteiger partial charge in [0, 0.05) is 11.9 Å². The first-order chi connectivity index (χ1) is 12.0. The highest BCUT2D eigenvalue weighted by Crippen LogP contribution is 2.19. The van der Waals surface area contributed by atoms with Crippen molar-refractivity contribution in [3.8, 4) is 0 Å². The topological polar surface area (TPSA) is 84.2 Å². The van der Waals surface area contributed by atoms with E-state index in [1.54, 1.807) is 24.6 Å². The molecule has 1 aromatic heterocycles. The zero-order valence-electron chi connectivity index (χ0n) is 14.5. The number of carboxylic acids is 1. The van der Waals surface area contributed by atoms with Gasteiger partial charge in [0.15, 0.2) is 5.69 Å². The second-order valence-electron chi connectivity index (χ2n) is 6.37. The van der Waals surface area contributed by atoms with Crippen LogP contribution in [-0.2, 0) is 11.3 Å². The molecule has 7 heteroatoms. The molecule has 25 heavy (non-hydrogen) atoms. The molecule has 6 nitrogen and oxygen atoms in total. The van der Waals surface area contributed by atoms with Crippen LogP contribution in [0.5, 0.6) is 0 Å². The largest absolute Gasteiger partial charge is 0.480 e. The Hall–Kier alpha value is -2.44. The van der Waals surface area contributed by atoms with Gasteiger partial charge in [0.2, 0.25) is 0 Å². The monoisotopic (exact) mass is 349 g/mol. The molecule has 0 saturated heterocycles. The molecule has 0 aliphatic rings. The van der Waals surface area contributed by atoms with E-state index in [9.17, 15) is 19.1 Å². The molecule has 2 aromatic rings. The first-order valence-electron chi connectivity index (χ1n) is 8.51. The minimum Gasteiger partial charge on any atom is -0.480 e. The molecule has 0 unspecified atom stereocenters. The van der Waals surface area contributed by atoms with Gasteiger partial charge in [-0.15, -0.1) is 0 Å². The first-order valence-corrected chi connectivity index (χ1v) is 8.51. The second-order valence-corrected chi connectivity index (χ2v) is 6.37. The molecule has 1 amide bonds. The van der Waals surface area contributed by atoms with E-state index in [1.807, 2.05) is 18.2 Å². The van der Waals surface area contributed by atoms with E-state index in [2.05, 4.69) is 10.4 Å². The summed E-state index contributed by atoms with van der Waals surface area (Å²) in [5, 5.41) is 16.9. The number of halogens is 1. The standard InChI is InChI=1S/C18H24FN3O3/c1-12(2)15(18(24)25)20-17(23)16-13-8-4-5-9-14(13)22(21-16)11-7-3-6-10-19/h4-5,8-9,12,15H,3,6-7,10-11H2,1-2H3,(H,20,23)(H,24,25)/t15-/m0/s1. The van der Waals surface area contributed by atoms with Gasteiger partial charge in [-0.2, -0.15) is 5.10 Å². The Kier molecular flexibility index (Phi) is 6.50. The van der Waals surface area contributed by atoms with Crippen LogP contribution in [0.4, 0.5) is 4.39 Å². The van der Waals surface area contributed by atoms with E-state index < -0.39 is 17.9 Å². The molecular weight excluding hydrogens is 325 g/mol. The van der Waals surface area contributed by atoms with Gasteiger partial charge in [-0.3, -0.25) is 13.9 Å². The maximum absolute atomic E-state index is 12.6. The highest BCUT2D eigenvalue weighted by atomic mass is 19.1. The van der Waals surface area contributed by atoms with Gasteiger partial charge in [-0.25, -0.2) is 4.79 Å². The highest BCUT2D eigenvalue weighted by molar-refractivity contribution is 6.05. The van der Waals surface area contributed by atoms with Crippen LogP contribution >= 0.6 is 0 Å². The Bertz CT molecular complexity index is 742.